The van der Waals surface area contributed by atoms with Crippen molar-refractivity contribution < 1.29 is 5.11 Å². The molecule has 2 heterocycles. The highest BCUT2D eigenvalue weighted by Crippen LogP contribution is 2.23. The number of aromatic nitrogens is 1. The molecule has 1 atom stereocenters. The Morgan fingerprint density at radius 1 is 1.47 bits per heavy atom. The molecule has 17 heavy (non-hydrogen) atoms. The molecule has 3 nitrogen and oxygen atoms in total. The van der Waals surface area contributed by atoms with E-state index in [1.807, 2.05) is 12.4 Å². The second kappa shape index (κ2) is 6.12. The summed E-state index contributed by atoms with van der Waals surface area (Å²) in [6, 6.07) is 2.87. The molecule has 3 heteroatoms. The van der Waals surface area contributed by atoms with Gasteiger partial charge in [0.2, 0.25) is 0 Å². The molecule has 0 aromatic carbocycles. The Kier molecular flexibility index (Phi) is 4.51. The summed E-state index contributed by atoms with van der Waals surface area (Å²) in [5.41, 5.74) is 2.54. The maximum atomic E-state index is 8.91. The average molecular weight is 234 g/mol. The lowest BCUT2D eigenvalue weighted by Gasteiger charge is -2.24. The summed E-state index contributed by atoms with van der Waals surface area (Å²) in [7, 11) is 0. The molecule has 0 saturated carbocycles. The lowest BCUT2D eigenvalue weighted by molar-refractivity contribution is 0.210. The van der Waals surface area contributed by atoms with E-state index in [9.17, 15) is 0 Å². The van der Waals surface area contributed by atoms with Crippen LogP contribution in [0.4, 0.5) is 0 Å². The molecule has 1 fully saturated rings. The zero-order valence-corrected chi connectivity index (χ0v) is 10.6. The van der Waals surface area contributed by atoms with Gasteiger partial charge in [-0.3, -0.25) is 9.88 Å². The van der Waals surface area contributed by atoms with Gasteiger partial charge in [-0.05, 0) is 50.3 Å². The zero-order chi connectivity index (χ0) is 12.1. The smallest absolute Gasteiger partial charge is 0.0431 e. The van der Waals surface area contributed by atoms with Gasteiger partial charge in [-0.15, -0.1) is 0 Å². The van der Waals surface area contributed by atoms with Crippen LogP contribution in [0.3, 0.4) is 0 Å². The van der Waals surface area contributed by atoms with Crippen molar-refractivity contribution in [3.8, 4) is 0 Å². The molecular formula is C14H22N2O. The second-order valence-electron chi connectivity index (χ2n) is 5.00. The number of aliphatic hydroxyl groups excluding tert-OH is 1. The van der Waals surface area contributed by atoms with Gasteiger partial charge in [0, 0.05) is 31.6 Å². The first kappa shape index (κ1) is 12.5. The molecule has 1 aliphatic rings. The van der Waals surface area contributed by atoms with E-state index in [4.69, 9.17) is 5.11 Å². The predicted molar refractivity (Wildman–Crippen MR) is 68.7 cm³/mol. The Morgan fingerprint density at radius 3 is 3.12 bits per heavy atom. The molecule has 1 aromatic rings. The van der Waals surface area contributed by atoms with E-state index >= 15 is 0 Å². The van der Waals surface area contributed by atoms with Gasteiger partial charge in [0.05, 0.1) is 0 Å². The van der Waals surface area contributed by atoms with Crippen molar-refractivity contribution >= 4 is 0 Å². The van der Waals surface area contributed by atoms with Crippen molar-refractivity contribution in [3.63, 3.8) is 0 Å². The number of likely N-dealkylation sites (tertiary alicyclic amines) is 1. The lowest BCUT2D eigenvalue weighted by Crippen LogP contribution is -2.29. The maximum absolute atomic E-state index is 8.91. The Labute approximate surface area is 103 Å². The van der Waals surface area contributed by atoms with E-state index in [-0.39, 0.29) is 0 Å². The van der Waals surface area contributed by atoms with Crippen LogP contribution in [0.25, 0.3) is 0 Å². The molecule has 1 N–H and O–H groups in total. The van der Waals surface area contributed by atoms with Gasteiger partial charge in [0.25, 0.3) is 0 Å². The number of aryl methyl sites for hydroxylation is 1. The number of aliphatic hydroxyl groups is 1. The Hall–Kier alpha value is -0.930. The molecule has 1 aromatic heterocycles. The molecule has 0 amide bonds. The van der Waals surface area contributed by atoms with Gasteiger partial charge in [0.1, 0.15) is 0 Å². The van der Waals surface area contributed by atoms with E-state index in [1.165, 1.54) is 30.5 Å². The van der Waals surface area contributed by atoms with Crippen LogP contribution in [0.15, 0.2) is 18.5 Å². The molecule has 0 aliphatic carbocycles. The molecule has 0 spiro atoms. The van der Waals surface area contributed by atoms with Gasteiger partial charge < -0.3 is 5.11 Å². The van der Waals surface area contributed by atoms with Crippen LogP contribution in [0.1, 0.15) is 36.8 Å². The minimum absolute atomic E-state index is 0.316. The fourth-order valence-electron chi connectivity index (χ4n) is 2.70. The van der Waals surface area contributed by atoms with Crippen molar-refractivity contribution in [1.82, 2.24) is 9.88 Å². The quantitative estimate of drug-likeness (QED) is 0.848. The highest BCUT2D eigenvalue weighted by Gasteiger charge is 2.23. The highest BCUT2D eigenvalue weighted by atomic mass is 16.2. The maximum Gasteiger partial charge on any atom is 0.0431 e. The van der Waals surface area contributed by atoms with E-state index < -0.39 is 0 Å². The van der Waals surface area contributed by atoms with Crippen molar-refractivity contribution in [1.29, 1.82) is 0 Å². The Morgan fingerprint density at radius 2 is 2.35 bits per heavy atom. The first-order chi connectivity index (χ1) is 8.29. The largest absolute Gasteiger partial charge is 0.396 e. The standard InChI is InChI=1S/C14H22N2O/c1-12-8-13(10-15-9-12)11-16-6-2-4-14(16)5-3-7-17/h8-10,14,17H,2-7,11H2,1H3. The van der Waals surface area contributed by atoms with Crippen molar-refractivity contribution in [3.05, 3.63) is 29.6 Å². The average Bonchev–Trinajstić information content (AvgIpc) is 2.74. The molecular weight excluding hydrogens is 212 g/mol. The molecule has 2 rings (SSSR count). The molecule has 94 valence electrons. The summed E-state index contributed by atoms with van der Waals surface area (Å²) in [5.74, 6) is 0. The van der Waals surface area contributed by atoms with Crippen LogP contribution in [-0.2, 0) is 6.54 Å². The van der Waals surface area contributed by atoms with Crippen LogP contribution in [0.2, 0.25) is 0 Å². The fourth-order valence-corrected chi connectivity index (χ4v) is 2.70. The highest BCUT2D eigenvalue weighted by molar-refractivity contribution is 5.16. The van der Waals surface area contributed by atoms with Gasteiger partial charge in [-0.25, -0.2) is 0 Å². The molecule has 0 radical (unpaired) electrons. The van der Waals surface area contributed by atoms with Crippen molar-refractivity contribution in [2.75, 3.05) is 13.2 Å². The van der Waals surface area contributed by atoms with E-state index in [0.29, 0.717) is 12.6 Å². The van der Waals surface area contributed by atoms with E-state index in [1.54, 1.807) is 0 Å². The summed E-state index contributed by atoms with van der Waals surface area (Å²) in [6.45, 7) is 4.59. The van der Waals surface area contributed by atoms with Crippen LogP contribution in [0, 0.1) is 6.92 Å². The zero-order valence-electron chi connectivity index (χ0n) is 10.6. The molecule has 1 saturated heterocycles. The summed E-state index contributed by atoms with van der Waals surface area (Å²) >= 11 is 0. The third-order valence-electron chi connectivity index (χ3n) is 3.51. The number of hydrogen-bond donors (Lipinski definition) is 1. The second-order valence-corrected chi connectivity index (χ2v) is 5.00. The van der Waals surface area contributed by atoms with Crippen LogP contribution in [-0.4, -0.2) is 34.2 Å². The normalized spacial score (nSPS) is 20.9. The topological polar surface area (TPSA) is 36.4 Å². The first-order valence-electron chi connectivity index (χ1n) is 6.55. The monoisotopic (exact) mass is 234 g/mol. The number of rotatable bonds is 5. The first-order valence-corrected chi connectivity index (χ1v) is 6.55. The predicted octanol–water partition coefficient (Wildman–Crippen LogP) is 2.13. The third-order valence-corrected chi connectivity index (χ3v) is 3.51. The van der Waals surface area contributed by atoms with Crippen LogP contribution >= 0.6 is 0 Å². The summed E-state index contributed by atoms with van der Waals surface area (Å²) in [4.78, 5) is 6.78. The van der Waals surface area contributed by atoms with Crippen LogP contribution < -0.4 is 0 Å². The number of pyridine rings is 1. The SMILES string of the molecule is Cc1cncc(CN2CCCC2CCCO)c1. The number of nitrogens with zero attached hydrogens (tertiary/aromatic N) is 2. The summed E-state index contributed by atoms with van der Waals surface area (Å²) < 4.78 is 0. The van der Waals surface area contributed by atoms with Gasteiger partial charge in [-0.1, -0.05) is 6.07 Å². The lowest BCUT2D eigenvalue weighted by atomic mass is 10.1. The Balaban J connectivity index is 1.93. The minimum atomic E-state index is 0.316. The minimum Gasteiger partial charge on any atom is -0.396 e. The summed E-state index contributed by atoms with van der Waals surface area (Å²) in [6.07, 6.45) is 8.47. The molecule has 1 unspecified atom stereocenters. The van der Waals surface area contributed by atoms with E-state index in [2.05, 4.69) is 22.9 Å². The Bertz CT molecular complexity index is 354. The van der Waals surface area contributed by atoms with Gasteiger partial charge in [0.15, 0.2) is 0 Å². The summed E-state index contributed by atoms with van der Waals surface area (Å²) in [5, 5.41) is 8.91. The van der Waals surface area contributed by atoms with Crippen molar-refractivity contribution in [2.24, 2.45) is 0 Å². The van der Waals surface area contributed by atoms with Crippen LogP contribution in [0.5, 0.6) is 0 Å². The molecule has 1 aliphatic heterocycles. The van der Waals surface area contributed by atoms with Crippen molar-refractivity contribution in [2.45, 2.75) is 45.2 Å². The number of hydrogen-bond acceptors (Lipinski definition) is 3. The van der Waals surface area contributed by atoms with Gasteiger partial charge >= 0.3 is 0 Å². The third kappa shape index (κ3) is 3.51. The fraction of sp³-hybridized carbons (Fsp3) is 0.643. The molecule has 0 bridgehead atoms. The van der Waals surface area contributed by atoms with E-state index in [0.717, 1.165) is 19.4 Å². The van der Waals surface area contributed by atoms with Gasteiger partial charge in [-0.2, -0.15) is 0 Å².